The lowest BCUT2D eigenvalue weighted by Gasteiger charge is -2.31. The lowest BCUT2D eigenvalue weighted by atomic mass is 9.88. The number of carbonyl (C=O) groups is 1. The first-order valence-electron chi connectivity index (χ1n) is 8.64. The number of amides is 1. The molecular formula is C17H26ClN3O4S. The van der Waals surface area contributed by atoms with Crippen LogP contribution in [0, 0.1) is 11.8 Å². The normalized spacial score (nSPS) is 19.9. The van der Waals surface area contributed by atoms with Gasteiger partial charge < -0.3 is 15.4 Å². The highest BCUT2D eigenvalue weighted by Gasteiger charge is 2.28. The Morgan fingerprint density at radius 3 is 2.42 bits per heavy atom. The molecule has 2 saturated heterocycles. The minimum absolute atomic E-state index is 0. The molecule has 2 aliphatic heterocycles. The molecule has 1 unspecified atom stereocenters. The average Bonchev–Trinajstić information content (AvgIpc) is 2.59. The van der Waals surface area contributed by atoms with E-state index in [1.54, 1.807) is 24.3 Å². The standard InChI is InChI=1S/C17H25N3O4S.ClH/c1-13(15-11-18-12-15)17(21)19-10-14-2-4-16(5-3-14)25(22,23)20-6-8-24-9-7-20;/h2-5,13,15,18H,6-12H2,1H3,(H,19,21);1H. The summed E-state index contributed by atoms with van der Waals surface area (Å²) in [6.45, 7) is 5.75. The molecule has 1 aromatic rings. The summed E-state index contributed by atoms with van der Waals surface area (Å²) in [5.41, 5.74) is 0.883. The number of halogens is 1. The zero-order valence-electron chi connectivity index (χ0n) is 14.8. The average molecular weight is 404 g/mol. The van der Waals surface area contributed by atoms with Crippen LogP contribution in [0.1, 0.15) is 12.5 Å². The van der Waals surface area contributed by atoms with Crippen molar-refractivity contribution in [2.24, 2.45) is 11.8 Å². The minimum Gasteiger partial charge on any atom is -0.379 e. The number of morpholine rings is 1. The van der Waals surface area contributed by atoms with Gasteiger partial charge in [-0.05, 0) is 36.7 Å². The van der Waals surface area contributed by atoms with E-state index in [9.17, 15) is 13.2 Å². The van der Waals surface area contributed by atoms with Gasteiger partial charge in [-0.3, -0.25) is 4.79 Å². The monoisotopic (exact) mass is 403 g/mol. The van der Waals surface area contributed by atoms with Crippen molar-refractivity contribution in [1.29, 1.82) is 0 Å². The van der Waals surface area contributed by atoms with Gasteiger partial charge in [-0.1, -0.05) is 19.1 Å². The van der Waals surface area contributed by atoms with E-state index in [1.165, 1.54) is 4.31 Å². The van der Waals surface area contributed by atoms with Crippen LogP contribution >= 0.6 is 12.4 Å². The number of hydrogen-bond acceptors (Lipinski definition) is 5. The summed E-state index contributed by atoms with van der Waals surface area (Å²) in [5, 5.41) is 6.10. The lowest BCUT2D eigenvalue weighted by Crippen LogP contribution is -2.49. The Hall–Kier alpha value is -1.19. The summed E-state index contributed by atoms with van der Waals surface area (Å²) < 4.78 is 31.8. The number of ether oxygens (including phenoxy) is 1. The Morgan fingerprint density at radius 2 is 1.88 bits per heavy atom. The number of carbonyl (C=O) groups excluding carboxylic acids is 1. The fourth-order valence-corrected chi connectivity index (χ4v) is 4.35. The maximum atomic E-state index is 12.6. The Labute approximate surface area is 160 Å². The van der Waals surface area contributed by atoms with E-state index in [2.05, 4.69) is 10.6 Å². The van der Waals surface area contributed by atoms with Crippen molar-refractivity contribution in [3.8, 4) is 0 Å². The SMILES string of the molecule is CC(C(=O)NCc1ccc(S(=O)(=O)N2CCOCC2)cc1)C1CNC1.Cl. The Balaban J connectivity index is 0.00000243. The predicted octanol–water partition coefficient (Wildman–Crippen LogP) is 0.601. The zero-order valence-corrected chi connectivity index (χ0v) is 16.4. The number of nitrogens with zero attached hydrogens (tertiary/aromatic N) is 1. The second-order valence-electron chi connectivity index (χ2n) is 6.59. The van der Waals surface area contributed by atoms with Gasteiger partial charge in [-0.25, -0.2) is 8.42 Å². The number of rotatable bonds is 6. The molecule has 2 heterocycles. The third-order valence-electron chi connectivity index (χ3n) is 4.93. The van der Waals surface area contributed by atoms with Crippen molar-refractivity contribution in [2.75, 3.05) is 39.4 Å². The van der Waals surface area contributed by atoms with Crippen LogP contribution < -0.4 is 10.6 Å². The van der Waals surface area contributed by atoms with Crippen molar-refractivity contribution >= 4 is 28.3 Å². The maximum Gasteiger partial charge on any atom is 0.243 e. The molecule has 0 bridgehead atoms. The van der Waals surface area contributed by atoms with Gasteiger partial charge in [-0.2, -0.15) is 4.31 Å². The van der Waals surface area contributed by atoms with E-state index in [1.807, 2.05) is 6.92 Å². The highest BCUT2D eigenvalue weighted by atomic mass is 35.5. The molecule has 7 nitrogen and oxygen atoms in total. The molecule has 0 spiro atoms. The molecule has 0 saturated carbocycles. The second kappa shape index (κ2) is 9.14. The number of hydrogen-bond donors (Lipinski definition) is 2. The molecule has 3 rings (SSSR count). The molecule has 26 heavy (non-hydrogen) atoms. The molecule has 146 valence electrons. The van der Waals surface area contributed by atoms with Gasteiger partial charge in [0.2, 0.25) is 15.9 Å². The molecule has 9 heteroatoms. The fourth-order valence-electron chi connectivity index (χ4n) is 2.94. The van der Waals surface area contributed by atoms with Crippen LogP contribution in [0.15, 0.2) is 29.2 Å². The van der Waals surface area contributed by atoms with Crippen LogP contribution in [0.25, 0.3) is 0 Å². The zero-order chi connectivity index (χ0) is 17.9. The van der Waals surface area contributed by atoms with Crippen molar-refractivity contribution in [3.63, 3.8) is 0 Å². The van der Waals surface area contributed by atoms with E-state index >= 15 is 0 Å². The van der Waals surface area contributed by atoms with Gasteiger partial charge in [0.1, 0.15) is 0 Å². The van der Waals surface area contributed by atoms with Crippen molar-refractivity contribution in [2.45, 2.75) is 18.4 Å². The van der Waals surface area contributed by atoms with Gasteiger partial charge in [0, 0.05) is 25.6 Å². The van der Waals surface area contributed by atoms with Crippen LogP contribution in [0.5, 0.6) is 0 Å². The van der Waals surface area contributed by atoms with Gasteiger partial charge in [0.15, 0.2) is 0 Å². The van der Waals surface area contributed by atoms with Gasteiger partial charge in [0.25, 0.3) is 0 Å². The van der Waals surface area contributed by atoms with Crippen molar-refractivity contribution in [1.82, 2.24) is 14.9 Å². The fraction of sp³-hybridized carbons (Fsp3) is 0.588. The van der Waals surface area contributed by atoms with E-state index in [0.29, 0.717) is 38.8 Å². The molecule has 2 fully saturated rings. The van der Waals surface area contributed by atoms with Gasteiger partial charge in [-0.15, -0.1) is 12.4 Å². The molecule has 0 radical (unpaired) electrons. The second-order valence-corrected chi connectivity index (χ2v) is 8.52. The number of benzene rings is 1. The molecule has 1 amide bonds. The Kier molecular flexibility index (Phi) is 7.42. The molecule has 1 aromatic carbocycles. The summed E-state index contributed by atoms with van der Waals surface area (Å²) in [4.78, 5) is 12.4. The van der Waals surface area contributed by atoms with Crippen LogP contribution in [0.3, 0.4) is 0 Å². The predicted molar refractivity (Wildman–Crippen MR) is 101 cm³/mol. The molecule has 2 aliphatic rings. The van der Waals surface area contributed by atoms with Crippen LogP contribution in [0.2, 0.25) is 0 Å². The minimum atomic E-state index is -3.47. The molecule has 0 aromatic heterocycles. The van der Waals surface area contributed by atoms with E-state index in [0.717, 1.165) is 18.7 Å². The first-order valence-corrected chi connectivity index (χ1v) is 10.1. The van der Waals surface area contributed by atoms with Crippen molar-refractivity contribution in [3.05, 3.63) is 29.8 Å². The third-order valence-corrected chi connectivity index (χ3v) is 6.84. The first kappa shape index (κ1) is 21.1. The summed E-state index contributed by atoms with van der Waals surface area (Å²) in [6, 6.07) is 6.71. The summed E-state index contributed by atoms with van der Waals surface area (Å²) in [7, 11) is -3.47. The third kappa shape index (κ3) is 4.75. The highest BCUT2D eigenvalue weighted by molar-refractivity contribution is 7.89. The van der Waals surface area contributed by atoms with Crippen molar-refractivity contribution < 1.29 is 17.9 Å². The van der Waals surface area contributed by atoms with E-state index < -0.39 is 10.0 Å². The quantitative estimate of drug-likeness (QED) is 0.726. The molecule has 1 atom stereocenters. The Bertz CT molecular complexity index is 701. The van der Waals surface area contributed by atoms with Gasteiger partial charge in [0.05, 0.1) is 18.1 Å². The summed E-state index contributed by atoms with van der Waals surface area (Å²) >= 11 is 0. The molecule has 0 aliphatic carbocycles. The van der Waals surface area contributed by atoms with E-state index in [4.69, 9.17) is 4.74 Å². The summed E-state index contributed by atoms with van der Waals surface area (Å²) in [6.07, 6.45) is 0. The molecule has 2 N–H and O–H groups in total. The lowest BCUT2D eigenvalue weighted by molar-refractivity contribution is -0.126. The van der Waals surface area contributed by atoms with Gasteiger partial charge >= 0.3 is 0 Å². The smallest absolute Gasteiger partial charge is 0.243 e. The highest BCUT2D eigenvalue weighted by Crippen LogP contribution is 2.18. The maximum absolute atomic E-state index is 12.6. The first-order chi connectivity index (χ1) is 12.0. The molecular weight excluding hydrogens is 378 g/mol. The number of sulfonamides is 1. The summed E-state index contributed by atoms with van der Waals surface area (Å²) in [5.74, 6) is 0.430. The van der Waals surface area contributed by atoms with Crippen LogP contribution in [-0.4, -0.2) is 58.0 Å². The van der Waals surface area contributed by atoms with E-state index in [-0.39, 0.29) is 29.1 Å². The van der Waals surface area contributed by atoms with Crippen LogP contribution in [0.4, 0.5) is 0 Å². The number of nitrogens with one attached hydrogen (secondary N) is 2. The largest absolute Gasteiger partial charge is 0.379 e. The van der Waals surface area contributed by atoms with Crippen LogP contribution in [-0.2, 0) is 26.1 Å². The topological polar surface area (TPSA) is 87.7 Å². The Morgan fingerprint density at radius 1 is 1.27 bits per heavy atom.